The second-order valence-corrected chi connectivity index (χ2v) is 8.49. The average Bonchev–Trinajstić information content (AvgIpc) is 3.26. The lowest BCUT2D eigenvalue weighted by molar-refractivity contribution is -0.185. The summed E-state index contributed by atoms with van der Waals surface area (Å²) >= 11 is 0. The van der Waals surface area contributed by atoms with E-state index < -0.39 is 11.6 Å². The molecule has 5 N–H and O–H groups in total. The molecule has 2 aliphatic rings. The highest BCUT2D eigenvalue weighted by Crippen LogP contribution is 2.39. The maximum atomic E-state index is 12.7. The molecule has 0 unspecified atom stereocenters. The van der Waals surface area contributed by atoms with Gasteiger partial charge in [-0.1, -0.05) is 6.08 Å². The third kappa shape index (κ3) is 6.86. The van der Waals surface area contributed by atoms with E-state index in [9.17, 15) is 9.90 Å². The number of rotatable bonds is 4. The van der Waals surface area contributed by atoms with E-state index in [1.165, 1.54) is 0 Å². The number of imidazole rings is 1. The standard InChI is InChI=1S/C21H28N4O3.2CH2O2/c1-3-8-25-9-6-21(7-10-25)13-20(2,27)18(12-28-21)24-19(26)15-4-5-16-17(11-15)23-14-22-16;2*2-1-3/h3-5,11,14,18,27H,1,6-10,12-13H2,2H3,(H,22,23)(H,24,26);2*1H,(H,2,3)/t18-,20-;;/m0../s1. The molecule has 2 aliphatic heterocycles. The van der Waals surface area contributed by atoms with Gasteiger partial charge < -0.3 is 30.4 Å². The van der Waals surface area contributed by atoms with Gasteiger partial charge in [-0.15, -0.1) is 6.58 Å². The Hall–Kier alpha value is -3.28. The van der Waals surface area contributed by atoms with Gasteiger partial charge in [-0.05, 0) is 38.0 Å². The summed E-state index contributed by atoms with van der Waals surface area (Å²) in [5.41, 5.74) is 0.827. The van der Waals surface area contributed by atoms with Crippen molar-refractivity contribution in [3.8, 4) is 0 Å². The number of likely N-dealkylation sites (tertiary alicyclic amines) is 1. The van der Waals surface area contributed by atoms with Crippen LogP contribution < -0.4 is 5.32 Å². The molecular formula is C23H32N4O7. The molecule has 2 atom stereocenters. The smallest absolute Gasteiger partial charge is 0.290 e. The van der Waals surface area contributed by atoms with Crippen LogP contribution in [0.5, 0.6) is 0 Å². The maximum Gasteiger partial charge on any atom is 0.290 e. The minimum atomic E-state index is -1.02. The topological polar surface area (TPSA) is 165 Å². The minimum absolute atomic E-state index is 0.220. The van der Waals surface area contributed by atoms with Crippen molar-refractivity contribution in [1.82, 2.24) is 20.2 Å². The molecule has 2 fully saturated rings. The van der Waals surface area contributed by atoms with Gasteiger partial charge in [0, 0.05) is 31.6 Å². The Bertz CT molecular complexity index is 961. The van der Waals surface area contributed by atoms with Gasteiger partial charge in [0.1, 0.15) is 0 Å². The van der Waals surface area contributed by atoms with E-state index >= 15 is 0 Å². The predicted molar refractivity (Wildman–Crippen MR) is 125 cm³/mol. The highest BCUT2D eigenvalue weighted by molar-refractivity contribution is 5.97. The molecule has 4 rings (SSSR count). The van der Waals surface area contributed by atoms with Crippen LogP contribution in [0.3, 0.4) is 0 Å². The number of carbonyl (C=O) groups excluding carboxylic acids is 1. The molecule has 34 heavy (non-hydrogen) atoms. The number of H-pyrrole nitrogens is 1. The summed E-state index contributed by atoms with van der Waals surface area (Å²) in [5.74, 6) is -0.220. The first-order valence-electron chi connectivity index (χ1n) is 10.8. The molecule has 0 saturated carbocycles. The lowest BCUT2D eigenvalue weighted by Gasteiger charge is -2.51. The number of fused-ring (bicyclic) bond motifs is 1. The zero-order valence-corrected chi connectivity index (χ0v) is 19.1. The van der Waals surface area contributed by atoms with Crippen molar-refractivity contribution >= 4 is 29.9 Å². The summed E-state index contributed by atoms with van der Waals surface area (Å²) < 4.78 is 6.23. The van der Waals surface area contributed by atoms with Gasteiger partial charge in [-0.25, -0.2) is 4.98 Å². The molecule has 0 radical (unpaired) electrons. The normalized spacial score (nSPS) is 23.5. The molecule has 0 bridgehead atoms. The van der Waals surface area contributed by atoms with Crippen molar-refractivity contribution in [1.29, 1.82) is 0 Å². The van der Waals surface area contributed by atoms with Crippen LogP contribution in [0, 0.1) is 0 Å². The molecule has 1 amide bonds. The second-order valence-electron chi connectivity index (χ2n) is 8.49. The highest BCUT2D eigenvalue weighted by atomic mass is 16.5. The van der Waals surface area contributed by atoms with Crippen molar-refractivity contribution in [2.45, 2.75) is 43.4 Å². The van der Waals surface area contributed by atoms with E-state index in [-0.39, 0.29) is 24.5 Å². The lowest BCUT2D eigenvalue weighted by atomic mass is 9.75. The summed E-state index contributed by atoms with van der Waals surface area (Å²) in [5, 5.41) is 27.9. The number of hydrogen-bond acceptors (Lipinski definition) is 7. The average molecular weight is 477 g/mol. The van der Waals surface area contributed by atoms with Crippen LogP contribution in [0.1, 0.15) is 36.5 Å². The van der Waals surface area contributed by atoms with Gasteiger partial charge >= 0.3 is 0 Å². The van der Waals surface area contributed by atoms with E-state index in [0.29, 0.717) is 18.6 Å². The van der Waals surface area contributed by atoms with Crippen LogP contribution >= 0.6 is 0 Å². The third-order valence-corrected chi connectivity index (χ3v) is 6.13. The van der Waals surface area contributed by atoms with Crippen molar-refractivity contribution < 1.29 is 34.4 Å². The number of aromatic amines is 1. The fourth-order valence-corrected chi connectivity index (χ4v) is 4.43. The number of aromatic nitrogens is 2. The molecule has 11 nitrogen and oxygen atoms in total. The zero-order valence-electron chi connectivity index (χ0n) is 19.1. The first-order valence-corrected chi connectivity index (χ1v) is 10.8. The Morgan fingerprint density at radius 1 is 1.32 bits per heavy atom. The molecule has 0 aliphatic carbocycles. The van der Waals surface area contributed by atoms with Crippen LogP contribution in [-0.2, 0) is 14.3 Å². The largest absolute Gasteiger partial charge is 0.483 e. The summed E-state index contributed by atoms with van der Waals surface area (Å²) in [4.78, 5) is 39.0. The maximum absolute atomic E-state index is 12.7. The van der Waals surface area contributed by atoms with Crippen molar-refractivity contribution in [3.05, 3.63) is 42.7 Å². The van der Waals surface area contributed by atoms with Crippen LogP contribution in [0.2, 0.25) is 0 Å². The Kier molecular flexibility index (Phi) is 9.72. The molecular weight excluding hydrogens is 444 g/mol. The van der Waals surface area contributed by atoms with Gasteiger partial charge in [0.25, 0.3) is 18.9 Å². The van der Waals surface area contributed by atoms with E-state index in [0.717, 1.165) is 43.5 Å². The van der Waals surface area contributed by atoms with Gasteiger partial charge in [0.05, 0.1) is 41.2 Å². The molecule has 2 saturated heterocycles. The van der Waals surface area contributed by atoms with Crippen molar-refractivity contribution in [2.75, 3.05) is 26.2 Å². The quantitative estimate of drug-likeness (QED) is 0.322. The summed E-state index contributed by atoms with van der Waals surface area (Å²) in [7, 11) is 0. The number of carboxylic acid groups (broad SMARTS) is 2. The van der Waals surface area contributed by atoms with Gasteiger partial charge in [-0.2, -0.15) is 0 Å². The molecule has 186 valence electrons. The van der Waals surface area contributed by atoms with Gasteiger partial charge in [0.15, 0.2) is 0 Å². The van der Waals surface area contributed by atoms with Crippen LogP contribution in [0.25, 0.3) is 11.0 Å². The Morgan fingerprint density at radius 2 is 1.97 bits per heavy atom. The molecule has 1 aromatic heterocycles. The zero-order chi connectivity index (χ0) is 25.2. The lowest BCUT2D eigenvalue weighted by Crippen LogP contribution is -2.63. The number of piperidine rings is 1. The number of aliphatic hydroxyl groups is 1. The molecule has 1 aromatic carbocycles. The number of hydrogen-bond donors (Lipinski definition) is 5. The first-order chi connectivity index (χ1) is 16.2. The molecule has 3 heterocycles. The van der Waals surface area contributed by atoms with Crippen molar-refractivity contribution in [2.24, 2.45) is 0 Å². The fraction of sp³-hybridized carbons (Fsp3) is 0.478. The summed E-state index contributed by atoms with van der Waals surface area (Å²) in [6.45, 7) is 8.16. The Balaban J connectivity index is 0.000000618. The van der Waals surface area contributed by atoms with Gasteiger partial charge in [0.2, 0.25) is 0 Å². The third-order valence-electron chi connectivity index (χ3n) is 6.13. The SMILES string of the molecule is C=CCN1CCC2(CC1)C[C@](C)(O)[C@@H](NC(=O)c1ccc3nc[nH]c3c1)CO2.O=CO.O=CO. The molecule has 1 spiro atoms. The fourth-order valence-electron chi connectivity index (χ4n) is 4.43. The second kappa shape index (κ2) is 12.3. The monoisotopic (exact) mass is 476 g/mol. The number of benzene rings is 1. The Morgan fingerprint density at radius 3 is 2.56 bits per heavy atom. The number of amides is 1. The summed E-state index contributed by atoms with van der Waals surface area (Å²) in [6, 6.07) is 4.87. The molecule has 11 heteroatoms. The highest BCUT2D eigenvalue weighted by Gasteiger charge is 2.49. The van der Waals surface area contributed by atoms with E-state index in [2.05, 4.69) is 26.8 Å². The number of ether oxygens (including phenoxy) is 1. The van der Waals surface area contributed by atoms with E-state index in [4.69, 9.17) is 24.5 Å². The number of nitrogens with zero attached hydrogens (tertiary/aromatic N) is 2. The number of carbonyl (C=O) groups is 3. The minimum Gasteiger partial charge on any atom is -0.483 e. The number of nitrogens with one attached hydrogen (secondary N) is 2. The summed E-state index contributed by atoms with van der Waals surface area (Å²) in [6.07, 6.45) is 5.81. The van der Waals surface area contributed by atoms with Gasteiger partial charge in [-0.3, -0.25) is 19.3 Å². The first kappa shape index (κ1) is 27.0. The van der Waals surface area contributed by atoms with Crippen LogP contribution in [-0.4, -0.2) is 92.5 Å². The van der Waals surface area contributed by atoms with Crippen LogP contribution in [0.4, 0.5) is 0 Å². The van der Waals surface area contributed by atoms with Crippen LogP contribution in [0.15, 0.2) is 37.2 Å². The van der Waals surface area contributed by atoms with E-state index in [1.807, 2.05) is 12.1 Å². The van der Waals surface area contributed by atoms with Crippen molar-refractivity contribution in [3.63, 3.8) is 0 Å². The Labute approximate surface area is 197 Å². The molecule has 2 aromatic rings. The predicted octanol–water partition coefficient (Wildman–Crippen LogP) is 1.25. The van der Waals surface area contributed by atoms with E-state index in [1.54, 1.807) is 25.4 Å².